The van der Waals surface area contributed by atoms with Gasteiger partial charge in [0.2, 0.25) is 5.92 Å². The second-order valence-corrected chi connectivity index (χ2v) is 9.94. The zero-order valence-electron chi connectivity index (χ0n) is 21.4. The molecule has 1 aliphatic carbocycles. The van der Waals surface area contributed by atoms with Crippen LogP contribution in [-0.2, 0) is 11.3 Å². The van der Waals surface area contributed by atoms with Crippen molar-refractivity contribution in [1.29, 1.82) is 0 Å². The Morgan fingerprint density at radius 3 is 2.50 bits per heavy atom. The number of pyridine rings is 2. The molecule has 1 aliphatic heterocycles. The molecule has 0 spiro atoms. The summed E-state index contributed by atoms with van der Waals surface area (Å²) >= 11 is 0. The molecule has 38 heavy (non-hydrogen) atoms. The second kappa shape index (κ2) is 11.2. The summed E-state index contributed by atoms with van der Waals surface area (Å²) in [6.07, 6.45) is 1.54. The van der Waals surface area contributed by atoms with Gasteiger partial charge in [-0.15, -0.1) is 0 Å². The van der Waals surface area contributed by atoms with E-state index in [0.717, 1.165) is 30.0 Å². The third-order valence-electron chi connectivity index (χ3n) is 7.39. The number of fused-ring (bicyclic) bond motifs is 1. The highest BCUT2D eigenvalue weighted by Gasteiger charge is 2.35. The first-order valence-electron chi connectivity index (χ1n) is 13.0. The quantitative estimate of drug-likeness (QED) is 0.505. The lowest BCUT2D eigenvalue weighted by Crippen LogP contribution is -2.43. The van der Waals surface area contributed by atoms with Crippen LogP contribution in [0.25, 0.3) is 22.2 Å². The molecule has 10 heteroatoms. The summed E-state index contributed by atoms with van der Waals surface area (Å²) in [7, 11) is 1.61. The van der Waals surface area contributed by atoms with Gasteiger partial charge >= 0.3 is 0 Å². The fourth-order valence-electron chi connectivity index (χ4n) is 5.09. The van der Waals surface area contributed by atoms with Crippen molar-refractivity contribution in [1.82, 2.24) is 19.8 Å². The molecule has 0 bridgehead atoms. The smallest absolute Gasteiger partial charge is 0.265 e. The lowest BCUT2D eigenvalue weighted by atomic mass is 9.92. The minimum atomic E-state index is -2.69. The molecule has 2 aliphatic rings. The second-order valence-electron chi connectivity index (χ2n) is 9.94. The molecule has 1 N–H and O–H groups in total. The highest BCUT2D eigenvalue weighted by molar-refractivity contribution is 5.97. The van der Waals surface area contributed by atoms with Gasteiger partial charge in [-0.2, -0.15) is 0 Å². The van der Waals surface area contributed by atoms with Gasteiger partial charge in [0.25, 0.3) is 11.5 Å². The number of hydrogen-bond acceptors (Lipinski definition) is 6. The Hall–Kier alpha value is -3.37. The predicted molar refractivity (Wildman–Crippen MR) is 140 cm³/mol. The summed E-state index contributed by atoms with van der Waals surface area (Å²) in [6.45, 7) is 3.80. The lowest BCUT2D eigenvalue weighted by Gasteiger charge is -2.29. The van der Waals surface area contributed by atoms with E-state index < -0.39 is 17.4 Å². The van der Waals surface area contributed by atoms with E-state index in [4.69, 9.17) is 9.47 Å². The number of methoxy groups -OCH3 is 1. The third kappa shape index (κ3) is 5.86. The van der Waals surface area contributed by atoms with E-state index >= 15 is 0 Å². The number of morpholine rings is 1. The number of benzene rings is 1. The van der Waals surface area contributed by atoms with Gasteiger partial charge in [-0.25, -0.2) is 13.8 Å². The Morgan fingerprint density at radius 1 is 1.11 bits per heavy atom. The first-order chi connectivity index (χ1) is 18.3. The lowest BCUT2D eigenvalue weighted by molar-refractivity contribution is -0.0399. The van der Waals surface area contributed by atoms with Gasteiger partial charge in [0, 0.05) is 62.2 Å². The highest BCUT2D eigenvalue weighted by atomic mass is 19.3. The van der Waals surface area contributed by atoms with Crippen molar-refractivity contribution >= 4 is 16.9 Å². The first kappa shape index (κ1) is 26.2. The SMILES string of the molecule is COc1ccc(-c2cnc3c(c2)cc(C(=O)NC2CCC(F)(F)CC2)c(=O)n3CCN2CCOCC2)cc1. The predicted octanol–water partition coefficient (Wildman–Crippen LogP) is 3.71. The van der Waals surface area contributed by atoms with Gasteiger partial charge < -0.3 is 14.8 Å². The molecule has 8 nitrogen and oxygen atoms in total. The normalized spacial score (nSPS) is 18.4. The van der Waals surface area contributed by atoms with Crippen LogP contribution in [0, 0.1) is 0 Å². The molecule has 3 aromatic rings. The Balaban J connectivity index is 1.48. The van der Waals surface area contributed by atoms with Crippen LogP contribution in [0.3, 0.4) is 0 Å². The summed E-state index contributed by atoms with van der Waals surface area (Å²) in [6, 6.07) is 10.6. The number of carbonyl (C=O) groups is 1. The van der Waals surface area contributed by atoms with Crippen LogP contribution >= 0.6 is 0 Å². The van der Waals surface area contributed by atoms with Crippen LogP contribution in [0.2, 0.25) is 0 Å². The van der Waals surface area contributed by atoms with E-state index in [9.17, 15) is 18.4 Å². The highest BCUT2D eigenvalue weighted by Crippen LogP contribution is 2.33. The number of amides is 1. The van der Waals surface area contributed by atoms with Gasteiger partial charge in [0.15, 0.2) is 0 Å². The summed E-state index contributed by atoms with van der Waals surface area (Å²) in [4.78, 5) is 33.6. The van der Waals surface area contributed by atoms with Gasteiger partial charge in [0.05, 0.1) is 20.3 Å². The molecule has 1 aromatic carbocycles. The fraction of sp³-hybridized carbons (Fsp3) is 0.464. The molecule has 1 saturated carbocycles. The minimum Gasteiger partial charge on any atom is -0.497 e. The largest absolute Gasteiger partial charge is 0.497 e. The molecule has 3 heterocycles. The van der Waals surface area contributed by atoms with E-state index in [2.05, 4.69) is 15.2 Å². The standard InChI is InChI=1S/C28H32F2N4O4/c1-37-23-4-2-19(3-5-23)21-16-20-17-24(26(35)32-22-6-8-28(29,30)9-7-22)27(36)34(25(20)31-18-21)11-10-33-12-14-38-15-13-33/h2-5,16-18,22H,6-15H2,1H3,(H,32,35). The van der Waals surface area contributed by atoms with Crippen molar-refractivity contribution in [2.45, 2.75) is 44.2 Å². The molecule has 5 rings (SSSR count). The maximum absolute atomic E-state index is 13.6. The van der Waals surface area contributed by atoms with Crippen molar-refractivity contribution in [3.8, 4) is 16.9 Å². The Kier molecular flexibility index (Phi) is 7.71. The number of rotatable bonds is 7. The number of ether oxygens (including phenoxy) is 2. The van der Waals surface area contributed by atoms with Gasteiger partial charge in [-0.05, 0) is 42.7 Å². The number of aromatic nitrogens is 2. The maximum Gasteiger partial charge on any atom is 0.265 e. The van der Waals surface area contributed by atoms with Crippen LogP contribution < -0.4 is 15.6 Å². The molecule has 1 amide bonds. The molecular formula is C28H32F2N4O4. The average molecular weight is 527 g/mol. The van der Waals surface area contributed by atoms with Crippen LogP contribution in [0.4, 0.5) is 8.78 Å². The van der Waals surface area contributed by atoms with Gasteiger partial charge in [-0.1, -0.05) is 12.1 Å². The number of carbonyl (C=O) groups excluding carboxylic acids is 1. The summed E-state index contributed by atoms with van der Waals surface area (Å²) < 4.78 is 39.4. The van der Waals surface area contributed by atoms with Crippen molar-refractivity contribution < 1.29 is 23.0 Å². The number of nitrogens with zero attached hydrogens (tertiary/aromatic N) is 3. The Morgan fingerprint density at radius 2 is 1.82 bits per heavy atom. The molecule has 1 saturated heterocycles. The molecule has 0 atom stereocenters. The van der Waals surface area contributed by atoms with Crippen molar-refractivity contribution in [3.05, 3.63) is 58.5 Å². The average Bonchev–Trinajstić information content (AvgIpc) is 2.93. The molecule has 0 unspecified atom stereocenters. The molecule has 202 valence electrons. The van der Waals surface area contributed by atoms with E-state index in [1.165, 1.54) is 0 Å². The van der Waals surface area contributed by atoms with E-state index in [-0.39, 0.29) is 37.3 Å². The zero-order valence-corrected chi connectivity index (χ0v) is 21.4. The zero-order chi connectivity index (χ0) is 26.7. The summed E-state index contributed by atoms with van der Waals surface area (Å²) in [5.74, 6) is -2.50. The number of halogens is 2. The maximum atomic E-state index is 13.6. The third-order valence-corrected chi connectivity index (χ3v) is 7.39. The molecular weight excluding hydrogens is 494 g/mol. The minimum absolute atomic E-state index is 0.00880. The number of alkyl halides is 2. The number of hydrogen-bond donors (Lipinski definition) is 1. The molecule has 0 radical (unpaired) electrons. The monoisotopic (exact) mass is 526 g/mol. The molecule has 2 aromatic heterocycles. The van der Waals surface area contributed by atoms with E-state index in [1.807, 2.05) is 30.3 Å². The van der Waals surface area contributed by atoms with Crippen LogP contribution in [0.5, 0.6) is 5.75 Å². The fourth-order valence-corrected chi connectivity index (χ4v) is 5.09. The summed E-state index contributed by atoms with van der Waals surface area (Å²) in [5.41, 5.74) is 1.80. The van der Waals surface area contributed by atoms with Crippen molar-refractivity contribution in [2.75, 3.05) is 40.0 Å². The van der Waals surface area contributed by atoms with Crippen LogP contribution in [0.15, 0.2) is 47.4 Å². The first-order valence-corrected chi connectivity index (χ1v) is 13.0. The van der Waals surface area contributed by atoms with Crippen LogP contribution in [0.1, 0.15) is 36.0 Å². The topological polar surface area (TPSA) is 85.7 Å². The Bertz CT molecular complexity index is 1340. The van der Waals surface area contributed by atoms with E-state index in [1.54, 1.807) is 23.9 Å². The van der Waals surface area contributed by atoms with Crippen molar-refractivity contribution in [3.63, 3.8) is 0 Å². The Labute approximate surface area is 219 Å². The molecule has 2 fully saturated rings. The van der Waals surface area contributed by atoms with E-state index in [0.29, 0.717) is 37.3 Å². The van der Waals surface area contributed by atoms with Crippen molar-refractivity contribution in [2.24, 2.45) is 0 Å². The van der Waals surface area contributed by atoms with Crippen LogP contribution in [-0.4, -0.2) is 72.3 Å². The number of nitrogens with one attached hydrogen (secondary N) is 1. The summed E-state index contributed by atoms with van der Waals surface area (Å²) in [5, 5.41) is 3.48. The van der Waals surface area contributed by atoms with Gasteiger partial charge in [0.1, 0.15) is 17.0 Å². The van der Waals surface area contributed by atoms with Gasteiger partial charge in [-0.3, -0.25) is 19.1 Å².